The smallest absolute Gasteiger partial charge is 0.122 e. The Morgan fingerprint density at radius 2 is 1.35 bits per heavy atom. The zero-order valence-corrected chi connectivity index (χ0v) is 17.4. The van der Waals surface area contributed by atoms with Crippen molar-refractivity contribution in [3.05, 3.63) is 29.8 Å². The average Bonchev–Trinajstić information content (AvgIpc) is 2.62. The van der Waals surface area contributed by atoms with E-state index in [9.17, 15) is 0 Å². The molecule has 0 aliphatic heterocycles. The highest BCUT2D eigenvalue weighted by atomic mass is 35.5. The molecule has 4 heteroatoms. The number of amidine groups is 1. The first-order valence-electron chi connectivity index (χ1n) is 10.3. The van der Waals surface area contributed by atoms with E-state index in [2.05, 4.69) is 6.92 Å². The molecular weight excluding hydrogens is 344 g/mol. The van der Waals surface area contributed by atoms with Crippen molar-refractivity contribution in [1.29, 1.82) is 5.41 Å². The zero-order valence-electron chi connectivity index (χ0n) is 16.6. The number of nitrogens with one attached hydrogen (secondary N) is 1. The van der Waals surface area contributed by atoms with E-state index < -0.39 is 0 Å². The van der Waals surface area contributed by atoms with Gasteiger partial charge in [0.1, 0.15) is 11.6 Å². The van der Waals surface area contributed by atoms with Crippen LogP contribution in [0.3, 0.4) is 0 Å². The molecule has 0 aromatic heterocycles. The summed E-state index contributed by atoms with van der Waals surface area (Å²) < 4.78 is 5.74. The lowest BCUT2D eigenvalue weighted by molar-refractivity contribution is 0.304. The van der Waals surface area contributed by atoms with E-state index in [0.717, 1.165) is 24.3 Å². The quantitative estimate of drug-likeness (QED) is 0.186. The van der Waals surface area contributed by atoms with Gasteiger partial charge in [0.05, 0.1) is 6.61 Å². The molecule has 3 N–H and O–H groups in total. The van der Waals surface area contributed by atoms with Gasteiger partial charge in [-0.3, -0.25) is 5.41 Å². The molecular formula is C22H39ClN2O. The number of halogens is 1. The van der Waals surface area contributed by atoms with E-state index in [1.165, 1.54) is 77.0 Å². The highest BCUT2D eigenvalue weighted by molar-refractivity contribution is 5.95. The van der Waals surface area contributed by atoms with Gasteiger partial charge in [-0.25, -0.2) is 0 Å². The number of ether oxygens (including phenoxy) is 1. The second kappa shape index (κ2) is 17.2. The highest BCUT2D eigenvalue weighted by Crippen LogP contribution is 2.15. The van der Waals surface area contributed by atoms with Crippen LogP contribution in [0.25, 0.3) is 0 Å². The third-order valence-electron chi connectivity index (χ3n) is 4.66. The first-order chi connectivity index (χ1) is 12.2. The molecule has 0 heterocycles. The maximum atomic E-state index is 7.44. The van der Waals surface area contributed by atoms with Crippen molar-refractivity contribution < 1.29 is 4.74 Å². The summed E-state index contributed by atoms with van der Waals surface area (Å²) in [5.74, 6) is 0.901. The second-order valence-corrected chi connectivity index (χ2v) is 7.03. The molecule has 150 valence electrons. The molecule has 1 rings (SSSR count). The first-order valence-corrected chi connectivity index (χ1v) is 10.3. The lowest BCUT2D eigenvalue weighted by atomic mass is 10.0. The molecule has 26 heavy (non-hydrogen) atoms. The maximum Gasteiger partial charge on any atom is 0.122 e. The molecule has 0 amide bonds. The van der Waals surface area contributed by atoms with Gasteiger partial charge >= 0.3 is 0 Å². The Morgan fingerprint density at radius 3 is 1.85 bits per heavy atom. The molecule has 0 saturated carbocycles. The molecule has 0 unspecified atom stereocenters. The number of rotatable bonds is 16. The van der Waals surface area contributed by atoms with Crippen LogP contribution < -0.4 is 10.5 Å². The number of hydrogen-bond acceptors (Lipinski definition) is 2. The minimum absolute atomic E-state index is 0. The third-order valence-corrected chi connectivity index (χ3v) is 4.66. The maximum absolute atomic E-state index is 7.44. The summed E-state index contributed by atoms with van der Waals surface area (Å²) in [6.07, 6.45) is 17.7. The van der Waals surface area contributed by atoms with Gasteiger partial charge in [-0.15, -0.1) is 12.4 Å². The van der Waals surface area contributed by atoms with Crippen molar-refractivity contribution in [2.45, 2.75) is 90.4 Å². The molecule has 0 bridgehead atoms. The minimum Gasteiger partial charge on any atom is -0.494 e. The molecule has 3 nitrogen and oxygen atoms in total. The Kier molecular flexibility index (Phi) is 16.4. The SMILES string of the molecule is CCCCCCCCCCCCCCCOc1cccc(C(=N)N)c1.Cl. The lowest BCUT2D eigenvalue weighted by Gasteiger charge is -2.07. The summed E-state index contributed by atoms with van der Waals surface area (Å²) >= 11 is 0. The van der Waals surface area contributed by atoms with Crippen LogP contribution in [0.2, 0.25) is 0 Å². The standard InChI is InChI=1S/C22H38N2O.ClH/c1-2-3-4-5-6-7-8-9-10-11-12-13-14-18-25-21-17-15-16-20(19-21)22(23)24;/h15-17,19H,2-14,18H2,1H3,(H3,23,24);1H. The Balaban J connectivity index is 0.00000625. The van der Waals surface area contributed by atoms with E-state index in [1.54, 1.807) is 0 Å². The average molecular weight is 383 g/mol. The van der Waals surface area contributed by atoms with Crippen LogP contribution in [-0.2, 0) is 0 Å². The molecule has 0 saturated heterocycles. The summed E-state index contributed by atoms with van der Waals surface area (Å²) in [5, 5.41) is 7.44. The van der Waals surface area contributed by atoms with Crippen LogP contribution in [0, 0.1) is 5.41 Å². The van der Waals surface area contributed by atoms with Gasteiger partial charge in [0.2, 0.25) is 0 Å². The minimum atomic E-state index is 0. The number of unbranched alkanes of at least 4 members (excludes halogenated alkanes) is 12. The van der Waals surface area contributed by atoms with Crippen molar-refractivity contribution in [1.82, 2.24) is 0 Å². The van der Waals surface area contributed by atoms with Gasteiger partial charge in [-0.1, -0.05) is 96.1 Å². The normalized spacial score (nSPS) is 10.3. The van der Waals surface area contributed by atoms with Crippen LogP contribution in [0.1, 0.15) is 96.0 Å². The van der Waals surface area contributed by atoms with Gasteiger partial charge in [0.25, 0.3) is 0 Å². The van der Waals surface area contributed by atoms with Crippen LogP contribution in [-0.4, -0.2) is 12.4 Å². The molecule has 0 aliphatic rings. The number of benzene rings is 1. The number of hydrogen-bond donors (Lipinski definition) is 2. The molecule has 0 atom stereocenters. The van der Waals surface area contributed by atoms with Gasteiger partial charge in [0.15, 0.2) is 0 Å². The molecule has 1 aromatic rings. The summed E-state index contributed by atoms with van der Waals surface area (Å²) in [6.45, 7) is 3.03. The summed E-state index contributed by atoms with van der Waals surface area (Å²) in [7, 11) is 0. The van der Waals surface area contributed by atoms with Crippen LogP contribution in [0.15, 0.2) is 24.3 Å². The zero-order chi connectivity index (χ0) is 18.2. The monoisotopic (exact) mass is 382 g/mol. The van der Waals surface area contributed by atoms with Gasteiger partial charge in [0, 0.05) is 5.56 Å². The largest absolute Gasteiger partial charge is 0.494 e. The molecule has 0 radical (unpaired) electrons. The fourth-order valence-electron chi connectivity index (χ4n) is 3.06. The number of nitrogen functional groups attached to an aromatic ring is 1. The Morgan fingerprint density at radius 1 is 0.846 bits per heavy atom. The Labute approximate surface area is 167 Å². The van der Waals surface area contributed by atoms with Crippen molar-refractivity contribution in [3.63, 3.8) is 0 Å². The fourth-order valence-corrected chi connectivity index (χ4v) is 3.06. The van der Waals surface area contributed by atoms with E-state index in [1.807, 2.05) is 24.3 Å². The van der Waals surface area contributed by atoms with E-state index in [4.69, 9.17) is 15.9 Å². The molecule has 0 fully saturated rings. The van der Waals surface area contributed by atoms with Crippen molar-refractivity contribution in [2.24, 2.45) is 5.73 Å². The van der Waals surface area contributed by atoms with E-state index in [0.29, 0.717) is 0 Å². The van der Waals surface area contributed by atoms with Gasteiger partial charge < -0.3 is 10.5 Å². The van der Waals surface area contributed by atoms with Crippen molar-refractivity contribution in [2.75, 3.05) is 6.61 Å². The lowest BCUT2D eigenvalue weighted by Crippen LogP contribution is -2.11. The first kappa shape index (κ1) is 24.8. The highest BCUT2D eigenvalue weighted by Gasteiger charge is 1.99. The summed E-state index contributed by atoms with van der Waals surface area (Å²) in [6, 6.07) is 7.48. The van der Waals surface area contributed by atoms with Crippen molar-refractivity contribution >= 4 is 18.2 Å². The summed E-state index contributed by atoms with van der Waals surface area (Å²) in [5.41, 5.74) is 6.22. The van der Waals surface area contributed by atoms with Crippen molar-refractivity contribution in [3.8, 4) is 5.75 Å². The Hall–Kier alpha value is -1.22. The number of nitrogens with two attached hydrogens (primary N) is 1. The third kappa shape index (κ3) is 13.0. The topological polar surface area (TPSA) is 59.1 Å². The van der Waals surface area contributed by atoms with Gasteiger partial charge in [-0.2, -0.15) is 0 Å². The predicted octanol–water partition coefficient (Wildman–Crippen LogP) is 6.86. The van der Waals surface area contributed by atoms with Crippen LogP contribution in [0.4, 0.5) is 0 Å². The van der Waals surface area contributed by atoms with E-state index in [-0.39, 0.29) is 18.2 Å². The molecule has 1 aromatic carbocycles. The Bertz CT molecular complexity index is 465. The summed E-state index contributed by atoms with van der Waals surface area (Å²) in [4.78, 5) is 0. The predicted molar refractivity (Wildman–Crippen MR) is 116 cm³/mol. The molecule has 0 spiro atoms. The fraction of sp³-hybridized carbons (Fsp3) is 0.682. The van der Waals surface area contributed by atoms with Crippen LogP contribution >= 0.6 is 12.4 Å². The van der Waals surface area contributed by atoms with Crippen LogP contribution in [0.5, 0.6) is 5.75 Å². The van der Waals surface area contributed by atoms with Gasteiger partial charge in [-0.05, 0) is 18.6 Å². The van der Waals surface area contributed by atoms with E-state index >= 15 is 0 Å². The molecule has 0 aliphatic carbocycles. The second-order valence-electron chi connectivity index (χ2n) is 7.03.